The second-order valence-electron chi connectivity index (χ2n) is 4.74. The Kier molecular flexibility index (Phi) is 4.86. The largest absolute Gasteiger partial charge is 0.352 e. The van der Waals surface area contributed by atoms with Crippen molar-refractivity contribution in [3.05, 3.63) is 29.8 Å². The van der Waals surface area contributed by atoms with Gasteiger partial charge in [0.1, 0.15) is 4.90 Å². The molecule has 0 N–H and O–H groups in total. The van der Waals surface area contributed by atoms with Crippen molar-refractivity contribution in [1.82, 2.24) is 4.90 Å². The van der Waals surface area contributed by atoms with E-state index in [4.69, 9.17) is 0 Å². The van der Waals surface area contributed by atoms with Crippen LogP contribution in [0.2, 0.25) is 0 Å². The number of alkyl halides is 1. The van der Waals surface area contributed by atoms with E-state index in [9.17, 15) is 8.42 Å². The molecule has 4 nitrogen and oxygen atoms in total. The van der Waals surface area contributed by atoms with Crippen molar-refractivity contribution in [2.24, 2.45) is 4.40 Å². The fourth-order valence-corrected chi connectivity index (χ4v) is 4.18. The Hall–Kier alpha value is -0.880. The number of fused-ring (bicyclic) bond motifs is 1. The van der Waals surface area contributed by atoms with Crippen molar-refractivity contribution in [3.8, 4) is 0 Å². The number of benzene rings is 1. The first-order valence-electron chi connectivity index (χ1n) is 6.82. The van der Waals surface area contributed by atoms with Crippen LogP contribution in [0, 0.1) is 0 Å². The summed E-state index contributed by atoms with van der Waals surface area (Å²) in [6.45, 7) is 4.98. The highest BCUT2D eigenvalue weighted by molar-refractivity contribution is 9.09. The molecule has 0 atom stereocenters. The van der Waals surface area contributed by atoms with E-state index in [2.05, 4.69) is 39.1 Å². The van der Waals surface area contributed by atoms with Gasteiger partial charge < -0.3 is 4.90 Å². The summed E-state index contributed by atoms with van der Waals surface area (Å²) in [7, 11) is -3.54. The minimum Gasteiger partial charge on any atom is -0.352 e. The maximum Gasteiger partial charge on any atom is 0.285 e. The van der Waals surface area contributed by atoms with Gasteiger partial charge in [-0.1, -0.05) is 41.9 Å². The van der Waals surface area contributed by atoms with Crippen molar-refractivity contribution in [3.63, 3.8) is 0 Å². The van der Waals surface area contributed by atoms with Crippen LogP contribution in [0.25, 0.3) is 0 Å². The van der Waals surface area contributed by atoms with E-state index in [-0.39, 0.29) is 0 Å². The highest BCUT2D eigenvalue weighted by Crippen LogP contribution is 2.29. The summed E-state index contributed by atoms with van der Waals surface area (Å²) in [5, 5.41) is 0.782. The van der Waals surface area contributed by atoms with Gasteiger partial charge in [-0.05, 0) is 25.0 Å². The molecule has 0 saturated carbocycles. The number of halogens is 1. The number of hydrogen-bond acceptors (Lipinski definition) is 3. The Morgan fingerprint density at radius 3 is 2.50 bits per heavy atom. The molecule has 0 saturated heterocycles. The standard InChI is InChI=1S/C14H19BrN2O2S/c1-3-11(4-2)17(10-9-15)14-12-7-5-6-8-13(12)20(18,19)16-14/h5-8,11H,3-4,9-10H2,1-2H3. The quantitative estimate of drug-likeness (QED) is 0.760. The van der Waals surface area contributed by atoms with E-state index >= 15 is 0 Å². The minimum absolute atomic E-state index is 0.299. The van der Waals surface area contributed by atoms with Crippen molar-refractivity contribution in [2.45, 2.75) is 37.6 Å². The molecule has 0 aromatic heterocycles. The number of hydrogen-bond donors (Lipinski definition) is 0. The van der Waals surface area contributed by atoms with Crippen LogP contribution in [0.3, 0.4) is 0 Å². The van der Waals surface area contributed by atoms with Crippen molar-refractivity contribution in [2.75, 3.05) is 11.9 Å². The van der Waals surface area contributed by atoms with Gasteiger partial charge in [0.05, 0.1) is 0 Å². The molecular formula is C14H19BrN2O2S. The maximum atomic E-state index is 12.1. The maximum absolute atomic E-state index is 12.1. The summed E-state index contributed by atoms with van der Waals surface area (Å²) in [4.78, 5) is 2.43. The topological polar surface area (TPSA) is 49.7 Å². The average molecular weight is 359 g/mol. The smallest absolute Gasteiger partial charge is 0.285 e. The predicted molar refractivity (Wildman–Crippen MR) is 85.0 cm³/mol. The first-order valence-corrected chi connectivity index (χ1v) is 9.38. The minimum atomic E-state index is -3.54. The molecule has 0 unspecified atom stereocenters. The molecule has 20 heavy (non-hydrogen) atoms. The molecule has 110 valence electrons. The normalized spacial score (nSPS) is 16.1. The van der Waals surface area contributed by atoms with Gasteiger partial charge in [0.25, 0.3) is 10.0 Å². The van der Waals surface area contributed by atoms with Crippen molar-refractivity contribution in [1.29, 1.82) is 0 Å². The van der Waals surface area contributed by atoms with Gasteiger partial charge in [0.15, 0.2) is 5.84 Å². The Morgan fingerprint density at radius 1 is 1.25 bits per heavy atom. The van der Waals surface area contributed by atoms with Crippen LogP contribution in [0.1, 0.15) is 32.3 Å². The molecule has 0 amide bonds. The lowest BCUT2D eigenvalue weighted by atomic mass is 10.1. The first-order chi connectivity index (χ1) is 9.55. The molecule has 0 radical (unpaired) electrons. The highest BCUT2D eigenvalue weighted by Gasteiger charge is 2.33. The van der Waals surface area contributed by atoms with Gasteiger partial charge in [-0.2, -0.15) is 8.42 Å². The van der Waals surface area contributed by atoms with Gasteiger partial charge in [-0.15, -0.1) is 4.40 Å². The van der Waals surface area contributed by atoms with Crippen LogP contribution in [0.5, 0.6) is 0 Å². The Morgan fingerprint density at radius 2 is 1.90 bits per heavy atom. The Balaban J connectivity index is 2.50. The van der Waals surface area contributed by atoms with Gasteiger partial charge in [0, 0.05) is 23.5 Å². The number of amidine groups is 1. The predicted octanol–water partition coefficient (Wildman–Crippen LogP) is 3.02. The lowest BCUT2D eigenvalue weighted by Crippen LogP contribution is -2.41. The zero-order chi connectivity index (χ0) is 14.8. The second kappa shape index (κ2) is 6.26. The molecule has 1 aliphatic rings. The number of sulfonamides is 1. The molecule has 0 aliphatic carbocycles. The van der Waals surface area contributed by atoms with Crippen LogP contribution >= 0.6 is 15.9 Å². The van der Waals surface area contributed by atoms with Crippen LogP contribution in [0.4, 0.5) is 0 Å². The second-order valence-corrected chi connectivity index (χ2v) is 7.10. The summed E-state index contributed by atoms with van der Waals surface area (Å²) in [6, 6.07) is 7.35. The molecule has 1 heterocycles. The summed E-state index contributed by atoms with van der Waals surface area (Å²) in [5.41, 5.74) is 0.723. The van der Waals surface area contributed by atoms with Crippen LogP contribution < -0.4 is 0 Å². The van der Waals surface area contributed by atoms with Crippen LogP contribution in [0.15, 0.2) is 33.6 Å². The Labute approximate surface area is 129 Å². The number of nitrogens with zero attached hydrogens (tertiary/aromatic N) is 2. The van der Waals surface area contributed by atoms with Crippen molar-refractivity contribution >= 4 is 31.8 Å². The third kappa shape index (κ3) is 2.76. The lowest BCUT2D eigenvalue weighted by molar-refractivity contribution is 0.311. The summed E-state index contributed by atoms with van der Waals surface area (Å²) >= 11 is 3.45. The molecular weight excluding hydrogens is 340 g/mol. The lowest BCUT2D eigenvalue weighted by Gasteiger charge is -2.31. The van der Waals surface area contributed by atoms with E-state index < -0.39 is 10.0 Å². The summed E-state index contributed by atoms with van der Waals surface area (Å²) in [6.07, 6.45) is 1.93. The Bertz CT molecular complexity index is 609. The molecule has 1 aromatic rings. The third-order valence-electron chi connectivity index (χ3n) is 3.59. The first kappa shape index (κ1) is 15.5. The molecule has 1 aliphatic heterocycles. The van der Waals surface area contributed by atoms with E-state index in [0.717, 1.165) is 30.3 Å². The van der Waals surface area contributed by atoms with E-state index in [1.54, 1.807) is 12.1 Å². The molecule has 0 fully saturated rings. The van der Waals surface area contributed by atoms with Gasteiger partial charge in [-0.25, -0.2) is 0 Å². The molecule has 0 bridgehead atoms. The van der Waals surface area contributed by atoms with Gasteiger partial charge in [-0.3, -0.25) is 0 Å². The number of rotatable bonds is 5. The monoisotopic (exact) mass is 358 g/mol. The third-order valence-corrected chi connectivity index (χ3v) is 5.27. The summed E-state index contributed by atoms with van der Waals surface area (Å²) < 4.78 is 28.3. The van der Waals surface area contributed by atoms with E-state index in [1.165, 1.54) is 0 Å². The fraction of sp³-hybridized carbons (Fsp3) is 0.500. The van der Waals surface area contributed by atoms with Gasteiger partial charge in [0.2, 0.25) is 0 Å². The summed E-state index contributed by atoms with van der Waals surface area (Å²) in [5.74, 6) is 0.591. The SMILES string of the molecule is CCC(CC)N(CCBr)C1=NS(=O)(=O)c2ccccc21. The molecule has 2 rings (SSSR count). The zero-order valence-corrected chi connectivity index (χ0v) is 14.1. The van der Waals surface area contributed by atoms with Crippen LogP contribution in [-0.2, 0) is 10.0 Å². The average Bonchev–Trinajstić information content (AvgIpc) is 2.72. The molecule has 0 spiro atoms. The van der Waals surface area contributed by atoms with E-state index in [0.29, 0.717) is 16.8 Å². The fourth-order valence-electron chi connectivity index (χ4n) is 2.58. The highest BCUT2D eigenvalue weighted by atomic mass is 79.9. The van der Waals surface area contributed by atoms with Gasteiger partial charge >= 0.3 is 0 Å². The van der Waals surface area contributed by atoms with E-state index in [1.807, 2.05) is 12.1 Å². The zero-order valence-electron chi connectivity index (χ0n) is 11.7. The van der Waals surface area contributed by atoms with Crippen LogP contribution in [-0.4, -0.2) is 37.1 Å². The molecule has 1 aromatic carbocycles. The van der Waals surface area contributed by atoms with Crippen molar-refractivity contribution < 1.29 is 8.42 Å². The molecule has 6 heteroatoms.